The summed E-state index contributed by atoms with van der Waals surface area (Å²) in [5.74, 6) is 0.280. The Balaban J connectivity index is 3.19. The van der Waals surface area contributed by atoms with Crippen molar-refractivity contribution in [3.63, 3.8) is 0 Å². The molecule has 44 valence electrons. The molecule has 0 aliphatic rings. The zero-order valence-electron chi connectivity index (χ0n) is 5.02. The molecule has 0 aliphatic carbocycles. The van der Waals surface area contributed by atoms with Gasteiger partial charge in [-0.3, -0.25) is 0 Å². The molecular formula is C6H9NO. The van der Waals surface area contributed by atoms with Gasteiger partial charge in [0.1, 0.15) is 0 Å². The SMILES string of the molecule is Cc1c[nH]c(O)c1C. The van der Waals surface area contributed by atoms with Gasteiger partial charge in [0.25, 0.3) is 0 Å². The summed E-state index contributed by atoms with van der Waals surface area (Å²) in [6.45, 7) is 3.83. The molecule has 2 N–H and O–H groups in total. The van der Waals surface area contributed by atoms with Gasteiger partial charge in [-0.2, -0.15) is 0 Å². The summed E-state index contributed by atoms with van der Waals surface area (Å²) < 4.78 is 0. The molecule has 1 aromatic rings. The zero-order valence-corrected chi connectivity index (χ0v) is 5.02. The summed E-state index contributed by atoms with van der Waals surface area (Å²) in [7, 11) is 0. The quantitative estimate of drug-likeness (QED) is 0.520. The average molecular weight is 111 g/mol. The summed E-state index contributed by atoms with van der Waals surface area (Å²) in [6.07, 6.45) is 1.78. The minimum absolute atomic E-state index is 0.280. The first-order valence-electron chi connectivity index (χ1n) is 2.55. The third-order valence-electron chi connectivity index (χ3n) is 1.37. The van der Waals surface area contributed by atoms with E-state index in [9.17, 15) is 0 Å². The minimum atomic E-state index is 0.280. The topological polar surface area (TPSA) is 36.0 Å². The molecule has 0 radical (unpaired) electrons. The van der Waals surface area contributed by atoms with E-state index in [1.165, 1.54) is 0 Å². The van der Waals surface area contributed by atoms with Crippen LogP contribution in [0.15, 0.2) is 6.20 Å². The van der Waals surface area contributed by atoms with E-state index in [1.54, 1.807) is 6.20 Å². The number of hydrogen-bond donors (Lipinski definition) is 2. The van der Waals surface area contributed by atoms with E-state index in [-0.39, 0.29) is 5.88 Å². The number of hydrogen-bond acceptors (Lipinski definition) is 1. The van der Waals surface area contributed by atoms with Crippen molar-refractivity contribution >= 4 is 0 Å². The zero-order chi connectivity index (χ0) is 6.15. The van der Waals surface area contributed by atoms with Crippen molar-refractivity contribution in [2.24, 2.45) is 0 Å². The van der Waals surface area contributed by atoms with Gasteiger partial charge in [0.2, 0.25) is 0 Å². The molecule has 8 heavy (non-hydrogen) atoms. The van der Waals surface area contributed by atoms with E-state index in [0.29, 0.717) is 0 Å². The number of aromatic nitrogens is 1. The Morgan fingerprint density at radius 2 is 2.12 bits per heavy atom. The van der Waals surface area contributed by atoms with Gasteiger partial charge in [0.05, 0.1) is 0 Å². The normalized spacial score (nSPS) is 9.75. The highest BCUT2D eigenvalue weighted by molar-refractivity contribution is 5.31. The van der Waals surface area contributed by atoms with Crippen LogP contribution in [0.1, 0.15) is 11.1 Å². The molecule has 0 bridgehead atoms. The summed E-state index contributed by atoms with van der Waals surface area (Å²) in [5, 5.41) is 8.88. The number of H-pyrrole nitrogens is 1. The van der Waals surface area contributed by atoms with Crippen molar-refractivity contribution < 1.29 is 5.11 Å². The number of aromatic hydroxyl groups is 1. The molecular weight excluding hydrogens is 102 g/mol. The summed E-state index contributed by atoms with van der Waals surface area (Å²) in [6, 6.07) is 0. The molecule has 0 aliphatic heterocycles. The number of aromatic amines is 1. The van der Waals surface area contributed by atoms with Gasteiger partial charge in [-0.1, -0.05) is 0 Å². The van der Waals surface area contributed by atoms with Crippen LogP contribution in [0.5, 0.6) is 5.88 Å². The molecule has 1 rings (SSSR count). The highest BCUT2D eigenvalue weighted by Crippen LogP contribution is 2.15. The van der Waals surface area contributed by atoms with Crippen LogP contribution in [0.2, 0.25) is 0 Å². The van der Waals surface area contributed by atoms with Crippen LogP contribution in [0, 0.1) is 13.8 Å². The minimum Gasteiger partial charge on any atom is -0.494 e. The second-order valence-corrected chi connectivity index (χ2v) is 1.95. The highest BCUT2D eigenvalue weighted by Gasteiger charge is 1.97. The summed E-state index contributed by atoms with van der Waals surface area (Å²) in [5.41, 5.74) is 2.03. The third kappa shape index (κ3) is 0.579. The molecule has 0 aromatic carbocycles. The van der Waals surface area contributed by atoms with Crippen LogP contribution in [-0.4, -0.2) is 10.1 Å². The molecule has 0 spiro atoms. The van der Waals surface area contributed by atoms with Crippen molar-refractivity contribution in [2.45, 2.75) is 13.8 Å². The molecule has 0 unspecified atom stereocenters. The molecule has 0 saturated heterocycles. The fourth-order valence-corrected chi connectivity index (χ4v) is 0.580. The lowest BCUT2D eigenvalue weighted by Crippen LogP contribution is -1.67. The number of nitrogens with one attached hydrogen (secondary N) is 1. The Morgan fingerprint density at radius 3 is 2.25 bits per heavy atom. The number of rotatable bonds is 0. The Labute approximate surface area is 48.2 Å². The molecule has 1 aromatic heterocycles. The third-order valence-corrected chi connectivity index (χ3v) is 1.37. The van der Waals surface area contributed by atoms with Crippen LogP contribution in [0.4, 0.5) is 0 Å². The molecule has 0 saturated carbocycles. The first-order chi connectivity index (χ1) is 3.72. The highest BCUT2D eigenvalue weighted by atomic mass is 16.3. The van der Waals surface area contributed by atoms with Crippen LogP contribution >= 0.6 is 0 Å². The first-order valence-corrected chi connectivity index (χ1v) is 2.55. The second kappa shape index (κ2) is 1.54. The van der Waals surface area contributed by atoms with Gasteiger partial charge in [-0.15, -0.1) is 0 Å². The Morgan fingerprint density at radius 1 is 1.50 bits per heavy atom. The molecule has 2 heteroatoms. The van der Waals surface area contributed by atoms with Gasteiger partial charge >= 0.3 is 0 Å². The van der Waals surface area contributed by atoms with E-state index in [2.05, 4.69) is 4.98 Å². The first kappa shape index (κ1) is 5.22. The lowest BCUT2D eigenvalue weighted by Gasteiger charge is -1.85. The largest absolute Gasteiger partial charge is 0.494 e. The predicted molar refractivity (Wildman–Crippen MR) is 31.9 cm³/mol. The predicted octanol–water partition coefficient (Wildman–Crippen LogP) is 1.34. The van der Waals surface area contributed by atoms with Gasteiger partial charge < -0.3 is 10.1 Å². The smallest absolute Gasteiger partial charge is 0.191 e. The fourth-order valence-electron chi connectivity index (χ4n) is 0.580. The van der Waals surface area contributed by atoms with E-state index >= 15 is 0 Å². The molecule has 0 fully saturated rings. The van der Waals surface area contributed by atoms with Gasteiger partial charge in [-0.05, 0) is 19.4 Å². The van der Waals surface area contributed by atoms with E-state index in [0.717, 1.165) is 11.1 Å². The van der Waals surface area contributed by atoms with Crippen LogP contribution < -0.4 is 0 Å². The maximum Gasteiger partial charge on any atom is 0.191 e. The molecule has 0 atom stereocenters. The number of aryl methyl sites for hydroxylation is 1. The molecule has 2 nitrogen and oxygen atoms in total. The average Bonchev–Trinajstić information content (AvgIpc) is 1.98. The summed E-state index contributed by atoms with van der Waals surface area (Å²) >= 11 is 0. The van der Waals surface area contributed by atoms with E-state index < -0.39 is 0 Å². The van der Waals surface area contributed by atoms with E-state index in [1.807, 2.05) is 13.8 Å². The van der Waals surface area contributed by atoms with Gasteiger partial charge in [0.15, 0.2) is 5.88 Å². The fraction of sp³-hybridized carbons (Fsp3) is 0.333. The second-order valence-electron chi connectivity index (χ2n) is 1.95. The lowest BCUT2D eigenvalue weighted by atomic mass is 10.2. The maximum atomic E-state index is 8.88. The van der Waals surface area contributed by atoms with Crippen LogP contribution in [0.25, 0.3) is 0 Å². The van der Waals surface area contributed by atoms with Gasteiger partial charge in [-0.25, -0.2) is 0 Å². The maximum absolute atomic E-state index is 8.88. The van der Waals surface area contributed by atoms with Crippen molar-refractivity contribution in [2.75, 3.05) is 0 Å². The Kier molecular flexibility index (Phi) is 1.01. The van der Waals surface area contributed by atoms with Crippen LogP contribution in [-0.2, 0) is 0 Å². The monoisotopic (exact) mass is 111 g/mol. The van der Waals surface area contributed by atoms with Crippen molar-refractivity contribution in [1.82, 2.24) is 4.98 Å². The molecule has 1 heterocycles. The van der Waals surface area contributed by atoms with E-state index in [4.69, 9.17) is 5.11 Å². The molecule has 0 amide bonds. The standard InChI is InChI=1S/C6H9NO/c1-4-3-7-6(8)5(4)2/h3,7-8H,1-2H3. The summed E-state index contributed by atoms with van der Waals surface area (Å²) in [4.78, 5) is 2.69. The van der Waals surface area contributed by atoms with Gasteiger partial charge in [0, 0.05) is 11.8 Å². The van der Waals surface area contributed by atoms with Crippen molar-refractivity contribution in [3.8, 4) is 5.88 Å². The Hall–Kier alpha value is -0.920. The lowest BCUT2D eigenvalue weighted by molar-refractivity contribution is 0.453. The van der Waals surface area contributed by atoms with Crippen molar-refractivity contribution in [1.29, 1.82) is 0 Å². The Bertz CT molecular complexity index is 171. The van der Waals surface area contributed by atoms with Crippen LogP contribution in [0.3, 0.4) is 0 Å². The van der Waals surface area contributed by atoms with Crippen molar-refractivity contribution in [3.05, 3.63) is 17.3 Å².